The third-order valence-electron chi connectivity index (χ3n) is 5.93. The number of rotatable bonds is 7. The second-order valence-corrected chi connectivity index (χ2v) is 12.2. The number of amides is 1. The van der Waals surface area contributed by atoms with Crippen LogP contribution < -0.4 is 10.3 Å². The first-order chi connectivity index (χ1) is 17.4. The van der Waals surface area contributed by atoms with Gasteiger partial charge in [0.1, 0.15) is 0 Å². The summed E-state index contributed by atoms with van der Waals surface area (Å²) in [5.74, 6) is -0.469. The van der Waals surface area contributed by atoms with Crippen molar-refractivity contribution in [1.29, 1.82) is 0 Å². The number of anilines is 1. The molecule has 3 aromatic heterocycles. The molecule has 12 heteroatoms. The standard InChI is InChI=1S/C25H28N6O4S2/c1-14(23(32)30(5)6)12-31-13-27-21-8-7-18(9-20(21)24(31)33)19-10-22(15(2)26-11-19)29-37(34,35)25-16(3)28-17(4)36-25/h7-11,13-14,29H,12H2,1-6H3/t14-/m0/s1. The highest BCUT2D eigenvalue weighted by Crippen LogP contribution is 2.29. The molecule has 4 aromatic rings. The summed E-state index contributed by atoms with van der Waals surface area (Å²) in [6, 6.07) is 6.94. The van der Waals surface area contributed by atoms with E-state index in [1.165, 1.54) is 15.8 Å². The summed E-state index contributed by atoms with van der Waals surface area (Å²) < 4.78 is 30.3. The third-order valence-corrected chi connectivity index (χ3v) is 8.97. The van der Waals surface area contributed by atoms with Crippen molar-refractivity contribution >= 4 is 43.9 Å². The Hall–Kier alpha value is -3.64. The summed E-state index contributed by atoms with van der Waals surface area (Å²) in [6.07, 6.45) is 3.08. The minimum atomic E-state index is -3.84. The molecule has 0 saturated heterocycles. The number of hydrogen-bond donors (Lipinski definition) is 1. The van der Waals surface area contributed by atoms with Gasteiger partial charge < -0.3 is 4.90 Å². The van der Waals surface area contributed by atoms with Gasteiger partial charge in [0.05, 0.1) is 45.2 Å². The van der Waals surface area contributed by atoms with E-state index in [0.29, 0.717) is 44.1 Å². The van der Waals surface area contributed by atoms with Gasteiger partial charge in [-0.25, -0.2) is 18.4 Å². The summed E-state index contributed by atoms with van der Waals surface area (Å²) in [5, 5.41) is 1.06. The van der Waals surface area contributed by atoms with E-state index in [0.717, 1.165) is 11.3 Å². The maximum absolute atomic E-state index is 13.2. The summed E-state index contributed by atoms with van der Waals surface area (Å²) in [6.45, 7) is 7.11. The van der Waals surface area contributed by atoms with E-state index < -0.39 is 15.9 Å². The van der Waals surface area contributed by atoms with E-state index in [-0.39, 0.29) is 22.2 Å². The van der Waals surface area contributed by atoms with Gasteiger partial charge in [-0.2, -0.15) is 0 Å². The van der Waals surface area contributed by atoms with Gasteiger partial charge in [-0.15, -0.1) is 11.3 Å². The Morgan fingerprint density at radius 1 is 1.11 bits per heavy atom. The molecule has 0 saturated carbocycles. The number of aryl methyl sites for hydroxylation is 3. The molecule has 1 aromatic carbocycles. The number of sulfonamides is 1. The molecule has 37 heavy (non-hydrogen) atoms. The van der Waals surface area contributed by atoms with Gasteiger partial charge in [-0.1, -0.05) is 13.0 Å². The Labute approximate surface area is 219 Å². The second kappa shape index (κ2) is 10.0. The average Bonchev–Trinajstić information content (AvgIpc) is 3.20. The Bertz CT molecular complexity index is 1670. The first kappa shape index (κ1) is 26.4. The highest BCUT2D eigenvalue weighted by Gasteiger charge is 2.22. The zero-order valence-electron chi connectivity index (χ0n) is 21.4. The Morgan fingerprint density at radius 2 is 1.84 bits per heavy atom. The van der Waals surface area contributed by atoms with Crippen molar-refractivity contribution in [2.24, 2.45) is 5.92 Å². The molecule has 0 aliphatic rings. The van der Waals surface area contributed by atoms with Gasteiger partial charge in [0.25, 0.3) is 15.6 Å². The molecular formula is C25H28N6O4S2. The maximum atomic E-state index is 13.2. The van der Waals surface area contributed by atoms with Crippen molar-refractivity contribution in [2.75, 3.05) is 18.8 Å². The number of aromatic nitrogens is 4. The quantitative estimate of drug-likeness (QED) is 0.381. The molecule has 0 spiro atoms. The number of fused-ring (bicyclic) bond motifs is 1. The summed E-state index contributed by atoms with van der Waals surface area (Å²) >= 11 is 1.11. The Balaban J connectivity index is 1.70. The summed E-state index contributed by atoms with van der Waals surface area (Å²) in [7, 11) is -0.492. The van der Waals surface area contributed by atoms with Crippen molar-refractivity contribution in [3.63, 3.8) is 0 Å². The Morgan fingerprint density at radius 3 is 2.49 bits per heavy atom. The van der Waals surface area contributed by atoms with Gasteiger partial charge in [0, 0.05) is 32.4 Å². The van der Waals surface area contributed by atoms with Crippen molar-refractivity contribution in [1.82, 2.24) is 24.4 Å². The normalized spacial score (nSPS) is 12.5. The van der Waals surface area contributed by atoms with Crippen LogP contribution in [0.25, 0.3) is 22.0 Å². The SMILES string of the molecule is Cc1nc(C)c(S(=O)(=O)Nc2cc(-c3ccc4ncn(C[C@H](C)C(=O)N(C)C)c(=O)c4c3)cnc2C)s1. The number of nitrogens with one attached hydrogen (secondary N) is 1. The lowest BCUT2D eigenvalue weighted by Gasteiger charge is -2.17. The molecule has 4 rings (SSSR count). The van der Waals surface area contributed by atoms with Crippen LogP contribution in [0, 0.1) is 26.7 Å². The van der Waals surface area contributed by atoms with Crippen LogP contribution in [-0.4, -0.2) is 52.8 Å². The predicted molar refractivity (Wildman–Crippen MR) is 144 cm³/mol. The molecule has 1 N–H and O–H groups in total. The lowest BCUT2D eigenvalue weighted by atomic mass is 10.0. The van der Waals surface area contributed by atoms with E-state index in [9.17, 15) is 18.0 Å². The third kappa shape index (κ3) is 5.39. The minimum Gasteiger partial charge on any atom is -0.349 e. The lowest BCUT2D eigenvalue weighted by molar-refractivity contribution is -0.132. The second-order valence-electron chi connectivity index (χ2n) is 9.14. The van der Waals surface area contributed by atoms with Gasteiger partial charge in [0.15, 0.2) is 4.21 Å². The van der Waals surface area contributed by atoms with Crippen LogP contribution in [0.3, 0.4) is 0 Å². The fourth-order valence-electron chi connectivity index (χ4n) is 4.03. The molecule has 0 radical (unpaired) electrons. The van der Waals surface area contributed by atoms with Crippen LogP contribution in [0.2, 0.25) is 0 Å². The molecule has 0 aliphatic carbocycles. The van der Waals surface area contributed by atoms with Gasteiger partial charge in [-0.3, -0.25) is 23.9 Å². The Kier molecular flexibility index (Phi) is 7.16. The number of benzene rings is 1. The molecular weight excluding hydrogens is 512 g/mol. The van der Waals surface area contributed by atoms with Crippen LogP contribution in [0.4, 0.5) is 5.69 Å². The summed E-state index contributed by atoms with van der Waals surface area (Å²) in [4.78, 5) is 40.0. The number of carbonyl (C=O) groups excluding carboxylic acids is 1. The van der Waals surface area contributed by atoms with Crippen LogP contribution in [-0.2, 0) is 21.4 Å². The molecule has 1 amide bonds. The smallest absolute Gasteiger partial charge is 0.273 e. The molecule has 0 fully saturated rings. The number of thiazole rings is 1. The minimum absolute atomic E-state index is 0.0786. The van der Waals surface area contributed by atoms with Crippen LogP contribution in [0.5, 0.6) is 0 Å². The zero-order valence-corrected chi connectivity index (χ0v) is 23.1. The van der Waals surface area contributed by atoms with Crippen molar-refractivity contribution in [3.8, 4) is 11.1 Å². The number of hydrogen-bond acceptors (Lipinski definition) is 8. The van der Waals surface area contributed by atoms with Crippen molar-refractivity contribution in [2.45, 2.75) is 38.4 Å². The topological polar surface area (TPSA) is 127 Å². The van der Waals surface area contributed by atoms with E-state index in [1.807, 2.05) is 0 Å². The van der Waals surface area contributed by atoms with Gasteiger partial charge in [-0.05, 0) is 44.5 Å². The fourth-order valence-corrected chi connectivity index (χ4v) is 6.62. The monoisotopic (exact) mass is 540 g/mol. The summed E-state index contributed by atoms with van der Waals surface area (Å²) in [5.41, 5.74) is 2.86. The van der Waals surface area contributed by atoms with E-state index in [2.05, 4.69) is 19.7 Å². The lowest BCUT2D eigenvalue weighted by Crippen LogP contribution is -2.33. The molecule has 0 bridgehead atoms. The van der Waals surface area contributed by atoms with E-state index >= 15 is 0 Å². The highest BCUT2D eigenvalue weighted by molar-refractivity contribution is 7.94. The number of nitrogens with zero attached hydrogens (tertiary/aromatic N) is 5. The molecule has 1 atom stereocenters. The number of pyridine rings is 1. The zero-order chi connectivity index (χ0) is 27.1. The largest absolute Gasteiger partial charge is 0.349 e. The van der Waals surface area contributed by atoms with Crippen LogP contribution >= 0.6 is 11.3 Å². The maximum Gasteiger partial charge on any atom is 0.273 e. The van der Waals surface area contributed by atoms with Crippen LogP contribution in [0.1, 0.15) is 23.3 Å². The first-order valence-electron chi connectivity index (χ1n) is 11.5. The van der Waals surface area contributed by atoms with Crippen molar-refractivity contribution in [3.05, 3.63) is 63.5 Å². The van der Waals surface area contributed by atoms with Crippen molar-refractivity contribution < 1.29 is 13.2 Å². The average molecular weight is 541 g/mol. The molecule has 0 aliphatic heterocycles. The molecule has 10 nitrogen and oxygen atoms in total. The van der Waals surface area contributed by atoms with E-state index in [4.69, 9.17) is 0 Å². The fraction of sp³-hybridized carbons (Fsp3) is 0.320. The van der Waals surface area contributed by atoms with Crippen LogP contribution in [0.15, 0.2) is 45.8 Å². The first-order valence-corrected chi connectivity index (χ1v) is 13.8. The molecule has 0 unspecified atom stereocenters. The molecule has 194 valence electrons. The molecule has 3 heterocycles. The number of carbonyl (C=O) groups is 1. The van der Waals surface area contributed by atoms with Gasteiger partial charge >= 0.3 is 0 Å². The predicted octanol–water partition coefficient (Wildman–Crippen LogP) is 3.37. The van der Waals surface area contributed by atoms with Gasteiger partial charge in [0.2, 0.25) is 5.91 Å². The van der Waals surface area contributed by atoms with E-state index in [1.54, 1.807) is 72.3 Å². The highest BCUT2D eigenvalue weighted by atomic mass is 32.2.